The van der Waals surface area contributed by atoms with Crippen LogP contribution >= 0.6 is 15.9 Å². The molecular weight excluding hydrogens is 188 g/mol. The van der Waals surface area contributed by atoms with Crippen molar-refractivity contribution in [2.24, 2.45) is 5.92 Å². The van der Waals surface area contributed by atoms with E-state index in [4.69, 9.17) is 0 Å². The predicted molar refractivity (Wildman–Crippen MR) is 51.3 cm³/mol. The first-order chi connectivity index (χ1) is 4.70. The quantitative estimate of drug-likeness (QED) is 0.610. The van der Waals surface area contributed by atoms with Crippen LogP contribution in [0.4, 0.5) is 0 Å². The number of halogens is 1. The summed E-state index contributed by atoms with van der Waals surface area (Å²) in [6.45, 7) is 6.54. The van der Waals surface area contributed by atoms with Crippen molar-refractivity contribution in [2.75, 3.05) is 0 Å². The lowest BCUT2D eigenvalue weighted by Gasteiger charge is -2.00. The molecule has 0 amide bonds. The van der Waals surface area contributed by atoms with Crippen LogP contribution in [0.2, 0.25) is 0 Å². The highest BCUT2D eigenvalue weighted by Crippen LogP contribution is 2.07. The van der Waals surface area contributed by atoms with Gasteiger partial charge in [0.15, 0.2) is 0 Å². The van der Waals surface area contributed by atoms with Crippen LogP contribution in [-0.4, -0.2) is 0 Å². The Balaban J connectivity index is 3.89. The molecule has 0 N–H and O–H groups in total. The molecule has 1 atom stereocenters. The van der Waals surface area contributed by atoms with Gasteiger partial charge in [0.25, 0.3) is 0 Å². The Labute approximate surface area is 72.1 Å². The van der Waals surface area contributed by atoms with Crippen molar-refractivity contribution in [3.63, 3.8) is 0 Å². The van der Waals surface area contributed by atoms with Crippen LogP contribution in [0.15, 0.2) is 22.7 Å². The third-order valence-corrected chi connectivity index (χ3v) is 1.78. The molecular formula is C9H15Br. The van der Waals surface area contributed by atoms with Gasteiger partial charge in [0.1, 0.15) is 0 Å². The Bertz CT molecular complexity index is 134. The van der Waals surface area contributed by atoms with Crippen molar-refractivity contribution in [1.29, 1.82) is 0 Å². The van der Waals surface area contributed by atoms with Crippen LogP contribution in [0.5, 0.6) is 0 Å². The third kappa shape index (κ3) is 4.80. The van der Waals surface area contributed by atoms with E-state index in [1.54, 1.807) is 0 Å². The van der Waals surface area contributed by atoms with E-state index in [0.29, 0.717) is 5.92 Å². The third-order valence-electron chi connectivity index (χ3n) is 1.52. The first kappa shape index (κ1) is 9.96. The largest absolute Gasteiger partial charge is 0.0787 e. The summed E-state index contributed by atoms with van der Waals surface area (Å²) in [5.74, 6) is 0.698. The number of hydrogen-bond donors (Lipinski definition) is 0. The van der Waals surface area contributed by atoms with E-state index in [-0.39, 0.29) is 0 Å². The normalized spacial score (nSPS) is 16.2. The van der Waals surface area contributed by atoms with E-state index in [9.17, 15) is 0 Å². The predicted octanol–water partition coefficient (Wildman–Crippen LogP) is 3.89. The van der Waals surface area contributed by atoms with Gasteiger partial charge >= 0.3 is 0 Å². The molecule has 58 valence electrons. The summed E-state index contributed by atoms with van der Waals surface area (Å²) in [5.41, 5.74) is 1.33. The Hall–Kier alpha value is -0.0400. The molecule has 0 nitrogen and oxygen atoms in total. The molecule has 0 saturated carbocycles. The van der Waals surface area contributed by atoms with Crippen LogP contribution in [0.25, 0.3) is 0 Å². The summed E-state index contributed by atoms with van der Waals surface area (Å²) in [6, 6.07) is 0. The highest BCUT2D eigenvalue weighted by atomic mass is 79.9. The smallest absolute Gasteiger partial charge is 0.0186 e. The zero-order valence-electron chi connectivity index (χ0n) is 6.89. The van der Waals surface area contributed by atoms with Crippen molar-refractivity contribution in [2.45, 2.75) is 27.2 Å². The first-order valence-corrected chi connectivity index (χ1v) is 4.57. The lowest BCUT2D eigenvalue weighted by atomic mass is 10.1. The zero-order chi connectivity index (χ0) is 7.98. The monoisotopic (exact) mass is 202 g/mol. The molecule has 0 aromatic rings. The highest BCUT2D eigenvalue weighted by molar-refractivity contribution is 9.11. The number of hydrogen-bond acceptors (Lipinski definition) is 0. The molecule has 0 aliphatic heterocycles. The molecule has 0 radical (unpaired) electrons. The van der Waals surface area contributed by atoms with Crippen molar-refractivity contribution in [3.8, 4) is 0 Å². The van der Waals surface area contributed by atoms with Crippen LogP contribution in [-0.2, 0) is 0 Å². The van der Waals surface area contributed by atoms with Gasteiger partial charge in [0.05, 0.1) is 0 Å². The maximum Gasteiger partial charge on any atom is -0.0186 e. The maximum atomic E-state index is 3.24. The zero-order valence-corrected chi connectivity index (χ0v) is 8.48. The topological polar surface area (TPSA) is 0 Å². The molecule has 0 rings (SSSR count). The van der Waals surface area contributed by atoms with Gasteiger partial charge in [0.2, 0.25) is 0 Å². The first-order valence-electron chi connectivity index (χ1n) is 3.65. The molecule has 0 aromatic carbocycles. The summed E-state index contributed by atoms with van der Waals surface area (Å²) in [6.07, 6.45) is 5.55. The fourth-order valence-corrected chi connectivity index (χ4v) is 1.14. The summed E-state index contributed by atoms with van der Waals surface area (Å²) in [7, 11) is 0. The minimum Gasteiger partial charge on any atom is -0.0787 e. The molecule has 1 heteroatoms. The molecule has 0 aliphatic carbocycles. The molecule has 1 unspecified atom stereocenters. The Kier molecular flexibility index (Phi) is 5.70. The Morgan fingerprint density at radius 1 is 1.60 bits per heavy atom. The second-order valence-corrected chi connectivity index (χ2v) is 3.12. The second-order valence-electron chi connectivity index (χ2n) is 2.59. The Morgan fingerprint density at radius 2 is 2.20 bits per heavy atom. The Morgan fingerprint density at radius 3 is 2.60 bits per heavy atom. The second kappa shape index (κ2) is 5.72. The molecule has 0 aliphatic rings. The van der Waals surface area contributed by atoms with E-state index in [1.807, 2.05) is 4.99 Å². The molecule has 0 bridgehead atoms. The van der Waals surface area contributed by atoms with Gasteiger partial charge in [0, 0.05) is 0 Å². The number of rotatable bonds is 3. The lowest BCUT2D eigenvalue weighted by molar-refractivity contribution is 0.694. The van der Waals surface area contributed by atoms with Gasteiger partial charge < -0.3 is 0 Å². The molecule has 0 aromatic heterocycles. The minimum absolute atomic E-state index is 0.698. The fourth-order valence-electron chi connectivity index (χ4n) is 0.722. The fraction of sp³-hybridized carbons (Fsp3) is 0.556. The van der Waals surface area contributed by atoms with Gasteiger partial charge in [-0.15, -0.1) is 0 Å². The van der Waals surface area contributed by atoms with Crippen molar-refractivity contribution in [3.05, 3.63) is 22.7 Å². The van der Waals surface area contributed by atoms with E-state index in [2.05, 4.69) is 48.9 Å². The van der Waals surface area contributed by atoms with Gasteiger partial charge in [-0.05, 0) is 17.8 Å². The van der Waals surface area contributed by atoms with Gasteiger partial charge in [-0.25, -0.2) is 0 Å². The van der Waals surface area contributed by atoms with E-state index < -0.39 is 0 Å². The van der Waals surface area contributed by atoms with E-state index in [1.165, 1.54) is 12.0 Å². The van der Waals surface area contributed by atoms with Gasteiger partial charge in [-0.3, -0.25) is 0 Å². The summed E-state index contributed by atoms with van der Waals surface area (Å²) in [4.78, 5) is 1.89. The number of allylic oxidation sites excluding steroid dienone is 3. The van der Waals surface area contributed by atoms with Crippen LogP contribution in [0.3, 0.4) is 0 Å². The van der Waals surface area contributed by atoms with Crippen LogP contribution in [0, 0.1) is 5.92 Å². The molecule has 10 heavy (non-hydrogen) atoms. The summed E-state index contributed by atoms with van der Waals surface area (Å²) in [5, 5.41) is 0. The average molecular weight is 203 g/mol. The standard InChI is InChI=1S/C9H15Br/c1-4-8(2)7-9(3)5-6-10/h5-8H,4H2,1-3H3/b6-5-,9-7+. The van der Waals surface area contributed by atoms with Crippen LogP contribution < -0.4 is 0 Å². The average Bonchev–Trinajstić information content (AvgIpc) is 1.88. The van der Waals surface area contributed by atoms with Crippen molar-refractivity contribution < 1.29 is 0 Å². The lowest BCUT2D eigenvalue weighted by Crippen LogP contribution is -1.85. The minimum atomic E-state index is 0.698. The summed E-state index contributed by atoms with van der Waals surface area (Å²) < 4.78 is 0. The van der Waals surface area contributed by atoms with Gasteiger partial charge in [-0.1, -0.05) is 53.9 Å². The SMILES string of the molecule is CCC(C)/C=C(C)/C=C\Br. The molecule has 0 fully saturated rings. The summed E-state index contributed by atoms with van der Waals surface area (Å²) >= 11 is 3.24. The maximum absolute atomic E-state index is 3.24. The highest BCUT2D eigenvalue weighted by Gasteiger charge is 1.91. The molecule has 0 saturated heterocycles. The van der Waals surface area contributed by atoms with E-state index >= 15 is 0 Å². The van der Waals surface area contributed by atoms with E-state index in [0.717, 1.165) is 0 Å². The van der Waals surface area contributed by atoms with Gasteiger partial charge in [-0.2, -0.15) is 0 Å². The van der Waals surface area contributed by atoms with Crippen molar-refractivity contribution in [1.82, 2.24) is 0 Å². The molecule has 0 heterocycles. The van der Waals surface area contributed by atoms with Crippen LogP contribution in [0.1, 0.15) is 27.2 Å². The van der Waals surface area contributed by atoms with Crippen molar-refractivity contribution >= 4 is 15.9 Å². The molecule has 0 spiro atoms.